The van der Waals surface area contributed by atoms with Gasteiger partial charge in [0.05, 0.1) is 0 Å². The van der Waals surface area contributed by atoms with E-state index in [1.54, 1.807) is 6.07 Å². The molecule has 1 aromatic carbocycles. The lowest BCUT2D eigenvalue weighted by Crippen LogP contribution is -2.35. The molecule has 1 aromatic rings. The summed E-state index contributed by atoms with van der Waals surface area (Å²) < 4.78 is 13.7. The summed E-state index contributed by atoms with van der Waals surface area (Å²) in [4.78, 5) is 12.3. The summed E-state index contributed by atoms with van der Waals surface area (Å²) in [7, 11) is 0. The molecule has 0 aromatic heterocycles. The van der Waals surface area contributed by atoms with Crippen molar-refractivity contribution >= 4 is 21.7 Å². The lowest BCUT2D eigenvalue weighted by molar-refractivity contribution is -0.121. The number of hydrogen-bond donors (Lipinski definition) is 1. The van der Waals surface area contributed by atoms with Crippen molar-refractivity contribution < 1.29 is 9.18 Å². The third-order valence-corrected chi connectivity index (χ3v) is 5.06. The number of ketones is 1. The van der Waals surface area contributed by atoms with Gasteiger partial charge in [-0.15, -0.1) is 0 Å². The second-order valence-corrected chi connectivity index (χ2v) is 6.75. The van der Waals surface area contributed by atoms with Crippen molar-refractivity contribution in [2.24, 2.45) is 11.1 Å². The van der Waals surface area contributed by atoms with Gasteiger partial charge in [0.25, 0.3) is 0 Å². The molecule has 0 atom stereocenters. The highest BCUT2D eigenvalue weighted by molar-refractivity contribution is 9.10. The molecule has 2 nitrogen and oxygen atoms in total. The molecular formula is C16H21BrFNO. The van der Waals surface area contributed by atoms with Gasteiger partial charge in [0.2, 0.25) is 0 Å². The highest BCUT2D eigenvalue weighted by Crippen LogP contribution is 2.38. The second-order valence-electron chi connectivity index (χ2n) is 5.89. The van der Waals surface area contributed by atoms with Crippen LogP contribution < -0.4 is 5.73 Å². The van der Waals surface area contributed by atoms with Crippen molar-refractivity contribution in [3.8, 4) is 0 Å². The molecule has 1 saturated carbocycles. The largest absolute Gasteiger partial charge is 0.330 e. The minimum atomic E-state index is -0.293. The average Bonchev–Trinajstić information content (AvgIpc) is 2.43. The lowest BCUT2D eigenvalue weighted by Gasteiger charge is -2.35. The van der Waals surface area contributed by atoms with E-state index in [1.165, 1.54) is 31.4 Å². The van der Waals surface area contributed by atoms with Crippen LogP contribution in [0, 0.1) is 11.2 Å². The lowest BCUT2D eigenvalue weighted by atomic mass is 9.70. The molecule has 4 heteroatoms. The van der Waals surface area contributed by atoms with Crippen LogP contribution in [0.1, 0.15) is 44.1 Å². The number of halogens is 2. The van der Waals surface area contributed by atoms with Crippen LogP contribution in [0.25, 0.3) is 0 Å². The average molecular weight is 342 g/mol. The van der Waals surface area contributed by atoms with Gasteiger partial charge >= 0.3 is 0 Å². The normalized spacial score (nSPS) is 17.9. The maximum absolute atomic E-state index is 13.0. The van der Waals surface area contributed by atoms with Gasteiger partial charge < -0.3 is 5.73 Å². The van der Waals surface area contributed by atoms with Gasteiger partial charge in [0, 0.05) is 17.3 Å². The molecule has 2 rings (SSSR count). The van der Waals surface area contributed by atoms with Crippen LogP contribution >= 0.6 is 15.9 Å². The van der Waals surface area contributed by atoms with Crippen LogP contribution in [0.4, 0.5) is 4.39 Å². The van der Waals surface area contributed by atoms with E-state index in [0.717, 1.165) is 18.4 Å². The van der Waals surface area contributed by atoms with E-state index >= 15 is 0 Å². The molecule has 0 radical (unpaired) electrons. The van der Waals surface area contributed by atoms with Crippen molar-refractivity contribution in [1.29, 1.82) is 0 Å². The maximum Gasteiger partial charge on any atom is 0.137 e. The number of carbonyl (C=O) groups excluding carboxylic acids is 1. The zero-order valence-electron chi connectivity index (χ0n) is 11.6. The Hall–Kier alpha value is -0.740. The molecule has 0 amide bonds. The van der Waals surface area contributed by atoms with Crippen LogP contribution in [0.3, 0.4) is 0 Å². The topological polar surface area (TPSA) is 43.1 Å². The molecule has 1 aliphatic carbocycles. The standard InChI is InChI=1S/C16H21BrFNO/c17-15-9-13(18)5-4-12(15)8-14(20)10-16(11-19)6-2-1-3-7-16/h4-5,9H,1-3,6-8,10-11,19H2. The minimum absolute atomic E-state index is 0.00183. The Balaban J connectivity index is 2.00. The monoisotopic (exact) mass is 341 g/mol. The molecular weight excluding hydrogens is 321 g/mol. The Labute approximate surface area is 128 Å². The zero-order chi connectivity index (χ0) is 14.6. The number of nitrogens with two attached hydrogens (primary N) is 1. The number of Topliss-reactive ketones (excluding diaryl/α,β-unsaturated/α-hetero) is 1. The van der Waals surface area contributed by atoms with E-state index in [4.69, 9.17) is 5.73 Å². The third kappa shape index (κ3) is 3.89. The molecule has 0 heterocycles. The summed E-state index contributed by atoms with van der Waals surface area (Å²) in [6.45, 7) is 0.587. The van der Waals surface area contributed by atoms with Gasteiger partial charge in [-0.1, -0.05) is 41.3 Å². The fraction of sp³-hybridized carbons (Fsp3) is 0.562. The van der Waals surface area contributed by atoms with Crippen molar-refractivity contribution in [3.63, 3.8) is 0 Å². The molecule has 2 N–H and O–H groups in total. The molecule has 1 fully saturated rings. The summed E-state index contributed by atoms with van der Waals surface area (Å²) in [5.41, 5.74) is 6.77. The molecule has 0 bridgehead atoms. The van der Waals surface area contributed by atoms with Gasteiger partial charge in [-0.25, -0.2) is 4.39 Å². The summed E-state index contributed by atoms with van der Waals surface area (Å²) in [6.07, 6.45) is 6.60. The zero-order valence-corrected chi connectivity index (χ0v) is 13.2. The van der Waals surface area contributed by atoms with E-state index in [-0.39, 0.29) is 17.0 Å². The smallest absolute Gasteiger partial charge is 0.137 e. The van der Waals surface area contributed by atoms with Crippen LogP contribution in [-0.4, -0.2) is 12.3 Å². The van der Waals surface area contributed by atoms with Gasteiger partial charge in [0.1, 0.15) is 11.6 Å². The van der Waals surface area contributed by atoms with Gasteiger partial charge in [0.15, 0.2) is 0 Å². The molecule has 0 saturated heterocycles. The van der Waals surface area contributed by atoms with Gasteiger partial charge in [-0.3, -0.25) is 4.79 Å². The molecule has 1 aliphatic rings. The Bertz CT molecular complexity index is 483. The fourth-order valence-corrected chi connectivity index (χ4v) is 3.60. The van der Waals surface area contributed by atoms with E-state index in [2.05, 4.69) is 15.9 Å². The van der Waals surface area contributed by atoms with Crippen LogP contribution in [0.5, 0.6) is 0 Å². The van der Waals surface area contributed by atoms with Crippen LogP contribution in [0.2, 0.25) is 0 Å². The first-order chi connectivity index (χ1) is 9.54. The van der Waals surface area contributed by atoms with Crippen molar-refractivity contribution in [2.45, 2.75) is 44.9 Å². The number of rotatable bonds is 5. The maximum atomic E-state index is 13.0. The minimum Gasteiger partial charge on any atom is -0.330 e. The first-order valence-electron chi connectivity index (χ1n) is 7.20. The quantitative estimate of drug-likeness (QED) is 0.879. The Morgan fingerprint density at radius 1 is 1.30 bits per heavy atom. The number of benzene rings is 1. The number of carbonyl (C=O) groups is 1. The first kappa shape index (κ1) is 15.6. The molecule has 110 valence electrons. The van der Waals surface area contributed by atoms with Crippen molar-refractivity contribution in [1.82, 2.24) is 0 Å². The highest BCUT2D eigenvalue weighted by atomic mass is 79.9. The van der Waals surface area contributed by atoms with E-state index in [0.29, 0.717) is 23.9 Å². The molecule has 0 unspecified atom stereocenters. The molecule has 20 heavy (non-hydrogen) atoms. The van der Waals surface area contributed by atoms with Gasteiger partial charge in [-0.05, 0) is 42.5 Å². The summed E-state index contributed by atoms with van der Waals surface area (Å²) in [5.74, 6) is -0.0940. The Kier molecular flexibility index (Phi) is 5.33. The van der Waals surface area contributed by atoms with Crippen LogP contribution in [0.15, 0.2) is 22.7 Å². The van der Waals surface area contributed by atoms with Crippen molar-refractivity contribution in [3.05, 3.63) is 34.1 Å². The van der Waals surface area contributed by atoms with Gasteiger partial charge in [-0.2, -0.15) is 0 Å². The Morgan fingerprint density at radius 2 is 2.00 bits per heavy atom. The molecule has 0 aliphatic heterocycles. The van der Waals surface area contributed by atoms with Crippen LogP contribution in [-0.2, 0) is 11.2 Å². The summed E-state index contributed by atoms with van der Waals surface area (Å²) in [6, 6.07) is 4.47. The summed E-state index contributed by atoms with van der Waals surface area (Å²) in [5, 5.41) is 0. The first-order valence-corrected chi connectivity index (χ1v) is 8.00. The highest BCUT2D eigenvalue weighted by Gasteiger charge is 2.32. The second kappa shape index (κ2) is 6.81. The SMILES string of the molecule is NCC1(CC(=O)Cc2ccc(F)cc2Br)CCCCC1. The third-order valence-electron chi connectivity index (χ3n) is 4.32. The predicted octanol–water partition coefficient (Wildman–Crippen LogP) is 4.00. The van der Waals surface area contributed by atoms with E-state index in [9.17, 15) is 9.18 Å². The molecule has 0 spiro atoms. The number of hydrogen-bond acceptors (Lipinski definition) is 2. The Morgan fingerprint density at radius 3 is 2.60 bits per heavy atom. The van der Waals surface area contributed by atoms with E-state index in [1.807, 2.05) is 0 Å². The fourth-order valence-electron chi connectivity index (χ4n) is 3.11. The van der Waals surface area contributed by atoms with E-state index < -0.39 is 0 Å². The van der Waals surface area contributed by atoms with Crippen molar-refractivity contribution in [2.75, 3.05) is 6.54 Å². The summed E-state index contributed by atoms with van der Waals surface area (Å²) >= 11 is 3.31. The predicted molar refractivity (Wildman–Crippen MR) is 82.0 cm³/mol.